The number of phenolic OH excluding ortho intramolecular Hbond substituents is 1. The molecule has 1 aliphatic heterocycles. The number of hydrogen-bond acceptors (Lipinski definition) is 6. The molecule has 1 saturated heterocycles. The SMILES string of the molecule is COc1ccccc1OCC(=O)N1CCC(NC(=O)C(C)Oc2ccc(O)cc2)CC1. The van der Waals surface area contributed by atoms with Crippen LogP contribution in [-0.4, -0.2) is 60.8 Å². The fraction of sp³-hybridized carbons (Fsp3) is 0.391. The number of carbonyl (C=O) groups excluding carboxylic acids is 2. The van der Waals surface area contributed by atoms with Gasteiger partial charge in [-0.3, -0.25) is 9.59 Å². The zero-order valence-corrected chi connectivity index (χ0v) is 17.7. The van der Waals surface area contributed by atoms with Crippen LogP contribution in [0, 0.1) is 0 Å². The largest absolute Gasteiger partial charge is 0.508 e. The number of ether oxygens (including phenoxy) is 3. The molecule has 0 spiro atoms. The predicted octanol–water partition coefficient (Wildman–Crippen LogP) is 2.35. The van der Waals surface area contributed by atoms with Gasteiger partial charge in [0.25, 0.3) is 11.8 Å². The van der Waals surface area contributed by atoms with Crippen LogP contribution in [0.5, 0.6) is 23.0 Å². The van der Waals surface area contributed by atoms with Gasteiger partial charge in [0, 0.05) is 19.1 Å². The molecule has 31 heavy (non-hydrogen) atoms. The minimum atomic E-state index is -0.668. The quantitative estimate of drug-likeness (QED) is 0.670. The lowest BCUT2D eigenvalue weighted by atomic mass is 10.0. The number of likely N-dealkylation sites (tertiary alicyclic amines) is 1. The van der Waals surface area contributed by atoms with E-state index in [9.17, 15) is 14.7 Å². The Bertz CT molecular complexity index is 878. The maximum Gasteiger partial charge on any atom is 0.260 e. The highest BCUT2D eigenvalue weighted by Gasteiger charge is 2.26. The van der Waals surface area contributed by atoms with E-state index in [1.165, 1.54) is 12.1 Å². The summed E-state index contributed by atoms with van der Waals surface area (Å²) in [7, 11) is 1.56. The molecule has 0 radical (unpaired) electrons. The second kappa shape index (κ2) is 10.6. The fourth-order valence-corrected chi connectivity index (χ4v) is 3.34. The lowest BCUT2D eigenvalue weighted by molar-refractivity contribution is -0.134. The second-order valence-corrected chi connectivity index (χ2v) is 7.36. The molecule has 1 atom stereocenters. The molecule has 166 valence electrons. The third kappa shape index (κ3) is 6.28. The van der Waals surface area contributed by atoms with Crippen molar-refractivity contribution in [1.82, 2.24) is 10.2 Å². The smallest absolute Gasteiger partial charge is 0.260 e. The Hall–Kier alpha value is -3.42. The van der Waals surface area contributed by atoms with E-state index in [-0.39, 0.29) is 30.2 Å². The lowest BCUT2D eigenvalue weighted by Gasteiger charge is -2.32. The highest BCUT2D eigenvalue weighted by atomic mass is 16.5. The van der Waals surface area contributed by atoms with Crippen LogP contribution in [0.25, 0.3) is 0 Å². The van der Waals surface area contributed by atoms with Crippen LogP contribution < -0.4 is 19.5 Å². The van der Waals surface area contributed by atoms with Crippen molar-refractivity contribution >= 4 is 11.8 Å². The van der Waals surface area contributed by atoms with Crippen LogP contribution >= 0.6 is 0 Å². The monoisotopic (exact) mass is 428 g/mol. The summed E-state index contributed by atoms with van der Waals surface area (Å²) in [5, 5.41) is 12.3. The zero-order chi connectivity index (χ0) is 22.2. The van der Waals surface area contributed by atoms with E-state index < -0.39 is 6.10 Å². The Balaban J connectivity index is 1.40. The van der Waals surface area contributed by atoms with E-state index in [4.69, 9.17) is 14.2 Å². The maximum absolute atomic E-state index is 12.5. The molecule has 1 aliphatic rings. The van der Waals surface area contributed by atoms with E-state index in [2.05, 4.69) is 5.32 Å². The van der Waals surface area contributed by atoms with Crippen molar-refractivity contribution in [2.24, 2.45) is 0 Å². The Morgan fingerprint density at radius 2 is 1.74 bits per heavy atom. The zero-order valence-electron chi connectivity index (χ0n) is 17.7. The van der Waals surface area contributed by atoms with E-state index >= 15 is 0 Å². The number of benzene rings is 2. The normalized spacial score (nSPS) is 15.1. The molecule has 1 heterocycles. The van der Waals surface area contributed by atoms with Gasteiger partial charge in [0.15, 0.2) is 24.2 Å². The van der Waals surface area contributed by atoms with Crippen LogP contribution in [0.4, 0.5) is 0 Å². The van der Waals surface area contributed by atoms with Crippen molar-refractivity contribution in [3.8, 4) is 23.0 Å². The number of methoxy groups -OCH3 is 1. The standard InChI is InChI=1S/C23H28N2O6/c1-16(31-19-9-7-18(26)8-10-19)23(28)24-17-11-13-25(14-12-17)22(27)15-30-21-6-4-3-5-20(21)29-2/h3-10,16-17,26H,11-15H2,1-2H3,(H,24,28). The molecule has 2 aromatic carbocycles. The Kier molecular flexibility index (Phi) is 7.59. The third-order valence-electron chi connectivity index (χ3n) is 5.13. The molecule has 8 heteroatoms. The average molecular weight is 428 g/mol. The van der Waals surface area contributed by atoms with Crippen molar-refractivity contribution in [2.45, 2.75) is 31.9 Å². The minimum Gasteiger partial charge on any atom is -0.508 e. The van der Waals surface area contributed by atoms with Crippen molar-refractivity contribution < 1.29 is 28.9 Å². The lowest BCUT2D eigenvalue weighted by Crippen LogP contribution is -2.50. The number of para-hydroxylation sites is 2. The molecule has 0 bridgehead atoms. The van der Waals surface area contributed by atoms with Gasteiger partial charge in [-0.1, -0.05) is 12.1 Å². The molecular weight excluding hydrogens is 400 g/mol. The first-order valence-corrected chi connectivity index (χ1v) is 10.3. The van der Waals surface area contributed by atoms with Crippen molar-refractivity contribution in [3.63, 3.8) is 0 Å². The maximum atomic E-state index is 12.5. The molecule has 1 fully saturated rings. The van der Waals surface area contributed by atoms with Gasteiger partial charge in [-0.05, 0) is 56.2 Å². The number of rotatable bonds is 8. The van der Waals surface area contributed by atoms with Crippen molar-refractivity contribution in [3.05, 3.63) is 48.5 Å². The topological polar surface area (TPSA) is 97.3 Å². The Morgan fingerprint density at radius 3 is 2.39 bits per heavy atom. The first-order valence-electron chi connectivity index (χ1n) is 10.3. The van der Waals surface area contributed by atoms with Gasteiger partial charge in [0.2, 0.25) is 0 Å². The third-order valence-corrected chi connectivity index (χ3v) is 5.13. The van der Waals surface area contributed by atoms with Crippen LogP contribution in [0.3, 0.4) is 0 Å². The summed E-state index contributed by atoms with van der Waals surface area (Å²) in [5.74, 6) is 1.45. The van der Waals surface area contributed by atoms with Crippen LogP contribution in [-0.2, 0) is 9.59 Å². The Morgan fingerprint density at radius 1 is 1.10 bits per heavy atom. The molecule has 2 aromatic rings. The number of hydrogen-bond donors (Lipinski definition) is 2. The Labute approximate surface area is 181 Å². The number of amides is 2. The summed E-state index contributed by atoms with van der Waals surface area (Å²) in [6.45, 7) is 2.71. The number of nitrogens with zero attached hydrogens (tertiary/aromatic N) is 1. The number of aromatic hydroxyl groups is 1. The van der Waals surface area contributed by atoms with Gasteiger partial charge in [-0.15, -0.1) is 0 Å². The van der Waals surface area contributed by atoms with Gasteiger partial charge in [0.05, 0.1) is 7.11 Å². The molecular formula is C23H28N2O6. The van der Waals surface area contributed by atoms with Crippen LogP contribution in [0.1, 0.15) is 19.8 Å². The summed E-state index contributed by atoms with van der Waals surface area (Å²) < 4.78 is 16.4. The van der Waals surface area contributed by atoms with Gasteiger partial charge in [-0.2, -0.15) is 0 Å². The van der Waals surface area contributed by atoms with E-state index in [1.807, 2.05) is 12.1 Å². The van der Waals surface area contributed by atoms with E-state index in [0.717, 1.165) is 0 Å². The highest BCUT2D eigenvalue weighted by Crippen LogP contribution is 2.25. The average Bonchev–Trinajstić information content (AvgIpc) is 2.79. The van der Waals surface area contributed by atoms with Gasteiger partial charge < -0.3 is 29.5 Å². The van der Waals surface area contributed by atoms with Crippen molar-refractivity contribution in [1.29, 1.82) is 0 Å². The number of piperidine rings is 1. The number of carbonyl (C=O) groups is 2. The first-order chi connectivity index (χ1) is 15.0. The van der Waals surface area contributed by atoms with Gasteiger partial charge in [-0.25, -0.2) is 0 Å². The molecule has 0 saturated carbocycles. The number of phenols is 1. The van der Waals surface area contributed by atoms with E-state index in [0.29, 0.717) is 43.2 Å². The molecule has 8 nitrogen and oxygen atoms in total. The molecule has 0 aromatic heterocycles. The molecule has 3 rings (SSSR count). The molecule has 1 unspecified atom stereocenters. The summed E-state index contributed by atoms with van der Waals surface area (Å²) in [6, 6.07) is 13.4. The summed E-state index contributed by atoms with van der Waals surface area (Å²) in [5.41, 5.74) is 0. The number of nitrogens with one attached hydrogen (secondary N) is 1. The first kappa shape index (κ1) is 22.3. The minimum absolute atomic E-state index is 0.0162. The summed E-state index contributed by atoms with van der Waals surface area (Å²) in [4.78, 5) is 26.6. The van der Waals surface area contributed by atoms with E-state index in [1.54, 1.807) is 43.2 Å². The van der Waals surface area contributed by atoms with Gasteiger partial charge in [0.1, 0.15) is 11.5 Å². The van der Waals surface area contributed by atoms with Crippen LogP contribution in [0.15, 0.2) is 48.5 Å². The van der Waals surface area contributed by atoms with Crippen LogP contribution in [0.2, 0.25) is 0 Å². The predicted molar refractivity (Wildman–Crippen MR) is 114 cm³/mol. The molecule has 0 aliphatic carbocycles. The highest BCUT2D eigenvalue weighted by molar-refractivity contribution is 5.81. The second-order valence-electron chi connectivity index (χ2n) is 7.36. The fourth-order valence-electron chi connectivity index (χ4n) is 3.34. The summed E-state index contributed by atoms with van der Waals surface area (Å²) in [6.07, 6.45) is 0.661. The van der Waals surface area contributed by atoms with Gasteiger partial charge >= 0.3 is 0 Å². The summed E-state index contributed by atoms with van der Waals surface area (Å²) >= 11 is 0. The molecule has 2 amide bonds. The molecule has 2 N–H and O–H groups in total. The van der Waals surface area contributed by atoms with Crippen molar-refractivity contribution in [2.75, 3.05) is 26.8 Å².